The van der Waals surface area contributed by atoms with E-state index in [0.717, 1.165) is 0 Å². The van der Waals surface area contributed by atoms with Gasteiger partial charge in [0, 0.05) is 5.02 Å². The van der Waals surface area contributed by atoms with Crippen molar-refractivity contribution in [2.75, 3.05) is 5.73 Å². The SMILES string of the molecule is Nc1c(Cl)ccc(Cl)c1-c1nc2cc(Cl)ccc2o1. The number of nitrogens with two attached hydrogens (primary N) is 1. The number of aromatic nitrogens is 1. The molecule has 0 fully saturated rings. The second-order valence-electron chi connectivity index (χ2n) is 3.95. The Kier molecular flexibility index (Phi) is 3.05. The molecule has 0 aliphatic heterocycles. The Balaban J connectivity index is 2.27. The average molecular weight is 314 g/mol. The summed E-state index contributed by atoms with van der Waals surface area (Å²) in [5.41, 5.74) is 8.00. The highest BCUT2D eigenvalue weighted by molar-refractivity contribution is 6.37. The zero-order valence-electron chi connectivity index (χ0n) is 9.45. The molecule has 0 radical (unpaired) electrons. The maximum atomic E-state index is 6.13. The van der Waals surface area contributed by atoms with Crippen LogP contribution in [0, 0.1) is 0 Å². The third kappa shape index (κ3) is 2.14. The minimum absolute atomic E-state index is 0.322. The number of anilines is 1. The van der Waals surface area contributed by atoms with Gasteiger partial charge in [-0.1, -0.05) is 34.8 Å². The van der Waals surface area contributed by atoms with Crippen LogP contribution in [0.15, 0.2) is 34.7 Å². The van der Waals surface area contributed by atoms with E-state index >= 15 is 0 Å². The second-order valence-corrected chi connectivity index (χ2v) is 5.20. The molecule has 0 saturated heterocycles. The Labute approximate surface area is 123 Å². The summed E-state index contributed by atoms with van der Waals surface area (Å²) in [6, 6.07) is 8.45. The molecule has 0 saturated carbocycles. The van der Waals surface area contributed by atoms with E-state index in [1.165, 1.54) is 0 Å². The highest BCUT2D eigenvalue weighted by Gasteiger charge is 2.17. The molecule has 3 nitrogen and oxygen atoms in total. The van der Waals surface area contributed by atoms with Crippen molar-refractivity contribution >= 4 is 51.6 Å². The summed E-state index contributed by atoms with van der Waals surface area (Å²) in [5.74, 6) is 0.322. The minimum atomic E-state index is 0.322. The van der Waals surface area contributed by atoms with E-state index < -0.39 is 0 Å². The number of rotatable bonds is 1. The Morgan fingerprint density at radius 3 is 2.53 bits per heavy atom. The van der Waals surface area contributed by atoms with Gasteiger partial charge in [-0.2, -0.15) is 0 Å². The highest BCUT2D eigenvalue weighted by atomic mass is 35.5. The summed E-state index contributed by atoms with van der Waals surface area (Å²) in [6.45, 7) is 0. The highest BCUT2D eigenvalue weighted by Crippen LogP contribution is 2.38. The fourth-order valence-corrected chi connectivity index (χ4v) is 2.36. The quantitative estimate of drug-likeness (QED) is 0.640. The molecule has 2 aromatic carbocycles. The molecule has 0 aliphatic carbocycles. The van der Waals surface area contributed by atoms with Gasteiger partial charge in [0.1, 0.15) is 5.52 Å². The van der Waals surface area contributed by atoms with Crippen LogP contribution in [0.3, 0.4) is 0 Å². The first-order valence-electron chi connectivity index (χ1n) is 5.36. The summed E-state index contributed by atoms with van der Waals surface area (Å²) in [4.78, 5) is 4.33. The number of hydrogen-bond acceptors (Lipinski definition) is 3. The molecule has 0 bridgehead atoms. The van der Waals surface area contributed by atoms with Crippen molar-refractivity contribution in [3.05, 3.63) is 45.4 Å². The van der Waals surface area contributed by atoms with Gasteiger partial charge in [-0.15, -0.1) is 0 Å². The van der Waals surface area contributed by atoms with E-state index in [9.17, 15) is 0 Å². The number of fused-ring (bicyclic) bond motifs is 1. The van der Waals surface area contributed by atoms with Gasteiger partial charge in [0.05, 0.1) is 21.3 Å². The molecular formula is C13H7Cl3N2O. The van der Waals surface area contributed by atoms with Crippen LogP contribution in [-0.2, 0) is 0 Å². The normalized spacial score (nSPS) is 11.1. The van der Waals surface area contributed by atoms with E-state index in [4.69, 9.17) is 45.0 Å². The number of nitrogen functional groups attached to an aromatic ring is 1. The molecule has 1 heterocycles. The number of halogens is 3. The predicted molar refractivity (Wildman–Crippen MR) is 78.9 cm³/mol. The van der Waals surface area contributed by atoms with Crippen molar-refractivity contribution in [3.63, 3.8) is 0 Å². The zero-order chi connectivity index (χ0) is 13.6. The van der Waals surface area contributed by atoms with Crippen LogP contribution in [0.1, 0.15) is 0 Å². The van der Waals surface area contributed by atoms with Crippen molar-refractivity contribution in [1.82, 2.24) is 4.98 Å². The first kappa shape index (κ1) is 12.6. The standard InChI is InChI=1S/C13H7Cl3N2O/c14-6-1-4-10-9(5-6)18-13(19-10)11-7(15)2-3-8(16)12(11)17/h1-5H,17H2. The van der Waals surface area contributed by atoms with Gasteiger partial charge >= 0.3 is 0 Å². The molecule has 0 amide bonds. The molecule has 3 aromatic rings. The van der Waals surface area contributed by atoms with Crippen LogP contribution in [0.25, 0.3) is 22.6 Å². The lowest BCUT2D eigenvalue weighted by Crippen LogP contribution is -1.92. The third-order valence-corrected chi connectivity index (χ3v) is 3.58. The van der Waals surface area contributed by atoms with Crippen molar-refractivity contribution < 1.29 is 4.42 Å². The van der Waals surface area contributed by atoms with Crippen LogP contribution in [-0.4, -0.2) is 4.98 Å². The van der Waals surface area contributed by atoms with Gasteiger partial charge in [-0.25, -0.2) is 4.98 Å². The summed E-state index contributed by atoms with van der Waals surface area (Å²) in [7, 11) is 0. The zero-order valence-corrected chi connectivity index (χ0v) is 11.7. The van der Waals surface area contributed by atoms with E-state index in [2.05, 4.69) is 4.98 Å². The van der Waals surface area contributed by atoms with Crippen LogP contribution < -0.4 is 5.73 Å². The molecule has 19 heavy (non-hydrogen) atoms. The number of hydrogen-bond donors (Lipinski definition) is 1. The molecule has 1 aromatic heterocycles. The summed E-state index contributed by atoms with van der Waals surface area (Å²) >= 11 is 18.0. The Hall–Kier alpha value is -1.42. The van der Waals surface area contributed by atoms with Crippen LogP contribution in [0.5, 0.6) is 0 Å². The number of benzene rings is 2. The lowest BCUT2D eigenvalue weighted by molar-refractivity contribution is 0.620. The monoisotopic (exact) mass is 312 g/mol. The van der Waals surface area contributed by atoms with Gasteiger partial charge in [0.15, 0.2) is 5.58 Å². The van der Waals surface area contributed by atoms with Crippen LogP contribution in [0.2, 0.25) is 15.1 Å². The Bertz CT molecular complexity index is 783. The number of oxazole rings is 1. The van der Waals surface area contributed by atoms with Gasteiger partial charge in [-0.05, 0) is 30.3 Å². The molecule has 0 unspecified atom stereocenters. The number of nitrogens with zero attached hydrogens (tertiary/aromatic N) is 1. The molecule has 0 aliphatic rings. The van der Waals surface area contributed by atoms with Crippen LogP contribution in [0.4, 0.5) is 5.69 Å². The Morgan fingerprint density at radius 1 is 1.00 bits per heavy atom. The molecule has 3 rings (SSSR count). The second kappa shape index (κ2) is 4.60. The molecule has 2 N–H and O–H groups in total. The topological polar surface area (TPSA) is 52.0 Å². The first-order chi connectivity index (χ1) is 9.06. The third-order valence-electron chi connectivity index (χ3n) is 2.70. The molecular weight excluding hydrogens is 307 g/mol. The van der Waals surface area contributed by atoms with Gasteiger partial charge in [-0.3, -0.25) is 0 Å². The predicted octanol–water partition coefficient (Wildman–Crippen LogP) is 5.04. The van der Waals surface area contributed by atoms with E-state index in [1.807, 2.05) is 0 Å². The van der Waals surface area contributed by atoms with Gasteiger partial charge in [0.25, 0.3) is 0 Å². The van der Waals surface area contributed by atoms with Crippen LogP contribution >= 0.6 is 34.8 Å². The molecule has 0 atom stereocenters. The maximum Gasteiger partial charge on any atom is 0.230 e. The lowest BCUT2D eigenvalue weighted by Gasteiger charge is -2.05. The molecule has 6 heteroatoms. The van der Waals surface area contributed by atoms with E-state index in [-0.39, 0.29) is 0 Å². The van der Waals surface area contributed by atoms with Crippen molar-refractivity contribution in [1.29, 1.82) is 0 Å². The van der Waals surface area contributed by atoms with Crippen molar-refractivity contribution in [2.24, 2.45) is 0 Å². The van der Waals surface area contributed by atoms with Gasteiger partial charge in [0.2, 0.25) is 5.89 Å². The largest absolute Gasteiger partial charge is 0.436 e. The van der Waals surface area contributed by atoms with Crippen molar-refractivity contribution in [3.8, 4) is 11.5 Å². The smallest absolute Gasteiger partial charge is 0.230 e. The maximum absolute atomic E-state index is 6.13. The fourth-order valence-electron chi connectivity index (χ4n) is 1.79. The van der Waals surface area contributed by atoms with Gasteiger partial charge < -0.3 is 10.2 Å². The van der Waals surface area contributed by atoms with E-state index in [0.29, 0.717) is 43.3 Å². The van der Waals surface area contributed by atoms with Crippen molar-refractivity contribution in [2.45, 2.75) is 0 Å². The molecule has 96 valence electrons. The summed E-state index contributed by atoms with van der Waals surface area (Å²) in [6.07, 6.45) is 0. The Morgan fingerprint density at radius 2 is 1.74 bits per heavy atom. The first-order valence-corrected chi connectivity index (χ1v) is 6.49. The average Bonchev–Trinajstić information content (AvgIpc) is 2.77. The summed E-state index contributed by atoms with van der Waals surface area (Å²) < 4.78 is 5.63. The molecule has 0 spiro atoms. The minimum Gasteiger partial charge on any atom is -0.436 e. The van der Waals surface area contributed by atoms with E-state index in [1.54, 1.807) is 30.3 Å². The summed E-state index contributed by atoms with van der Waals surface area (Å²) in [5, 5.41) is 1.41. The lowest BCUT2D eigenvalue weighted by atomic mass is 10.2. The fraction of sp³-hybridized carbons (Fsp3) is 0.